The normalized spacial score (nSPS) is 12.7. The van der Waals surface area contributed by atoms with Gasteiger partial charge >= 0.3 is 0 Å². The van der Waals surface area contributed by atoms with Gasteiger partial charge in [-0.15, -0.1) is 0 Å². The number of benzene rings is 1. The Morgan fingerprint density at radius 3 is 2.06 bits per heavy atom. The molecule has 0 saturated heterocycles. The van der Waals surface area contributed by atoms with Crippen molar-refractivity contribution < 1.29 is 12.8 Å². The molecule has 0 aliphatic carbocycles. The summed E-state index contributed by atoms with van der Waals surface area (Å²) in [5.74, 6) is -0.740. The van der Waals surface area contributed by atoms with Gasteiger partial charge in [-0.25, -0.2) is 12.8 Å². The average Bonchev–Trinajstić information content (AvgIpc) is 2.13. The minimum atomic E-state index is -3.81. The van der Waals surface area contributed by atoms with Gasteiger partial charge in [0.25, 0.3) is 0 Å². The molecule has 0 atom stereocenters. The maximum absolute atomic E-state index is 13.8. The summed E-state index contributed by atoms with van der Waals surface area (Å²) in [7, 11) is -3.81. The maximum Gasteiger partial charge on any atom is 0.246 e. The van der Waals surface area contributed by atoms with E-state index >= 15 is 0 Å². The van der Waals surface area contributed by atoms with Crippen LogP contribution in [-0.4, -0.2) is 24.8 Å². The molecular formula is C12H17BrFNO2S. The first kappa shape index (κ1) is 15.6. The highest BCUT2D eigenvalue weighted by molar-refractivity contribution is 9.10. The Morgan fingerprint density at radius 1 is 1.17 bits per heavy atom. The van der Waals surface area contributed by atoms with Crippen LogP contribution in [-0.2, 0) is 10.0 Å². The van der Waals surface area contributed by atoms with Crippen molar-refractivity contribution >= 4 is 26.0 Å². The predicted octanol–water partition coefficient (Wildman–Crippen LogP) is 3.40. The molecule has 6 heteroatoms. The summed E-state index contributed by atoms with van der Waals surface area (Å²) in [6, 6.07) is 3.52. The van der Waals surface area contributed by atoms with Crippen LogP contribution in [0.15, 0.2) is 27.6 Å². The second-order valence-electron chi connectivity index (χ2n) is 4.60. The second-order valence-corrected chi connectivity index (χ2v) is 7.32. The van der Waals surface area contributed by atoms with Gasteiger partial charge in [-0.1, -0.05) is 15.9 Å². The number of halogens is 2. The second kappa shape index (κ2) is 5.67. The van der Waals surface area contributed by atoms with E-state index in [2.05, 4.69) is 15.9 Å². The molecule has 0 N–H and O–H groups in total. The van der Waals surface area contributed by atoms with Gasteiger partial charge in [0.1, 0.15) is 10.7 Å². The summed E-state index contributed by atoms with van der Waals surface area (Å²) in [5, 5.41) is 0. The van der Waals surface area contributed by atoms with Gasteiger partial charge in [-0.3, -0.25) is 0 Å². The Hall–Kier alpha value is -0.460. The van der Waals surface area contributed by atoms with Crippen LogP contribution in [0.4, 0.5) is 4.39 Å². The molecule has 0 aliphatic heterocycles. The zero-order chi connectivity index (χ0) is 14.1. The summed E-state index contributed by atoms with van der Waals surface area (Å²) in [4.78, 5) is -0.284. The molecule has 0 fully saturated rings. The lowest BCUT2D eigenvalue weighted by molar-refractivity contribution is 0.301. The first-order chi connectivity index (χ1) is 8.17. The summed E-state index contributed by atoms with van der Waals surface area (Å²) >= 11 is 3.11. The fraction of sp³-hybridized carbons (Fsp3) is 0.500. The van der Waals surface area contributed by atoms with E-state index < -0.39 is 15.8 Å². The molecule has 0 saturated carbocycles. The summed E-state index contributed by atoms with van der Waals surface area (Å²) in [6.07, 6.45) is 0. The van der Waals surface area contributed by atoms with Gasteiger partial charge in [-0.05, 0) is 45.9 Å². The third-order valence-corrected chi connectivity index (χ3v) is 5.25. The number of hydrogen-bond acceptors (Lipinski definition) is 2. The zero-order valence-electron chi connectivity index (χ0n) is 10.8. The van der Waals surface area contributed by atoms with Crippen molar-refractivity contribution in [2.24, 2.45) is 0 Å². The Bertz CT molecular complexity index is 521. The Balaban J connectivity index is 3.36. The first-order valence-corrected chi connectivity index (χ1v) is 7.89. The van der Waals surface area contributed by atoms with E-state index in [0.717, 1.165) is 6.07 Å². The van der Waals surface area contributed by atoms with E-state index in [1.165, 1.54) is 16.4 Å². The molecule has 18 heavy (non-hydrogen) atoms. The minimum Gasteiger partial charge on any atom is -0.207 e. The van der Waals surface area contributed by atoms with Crippen molar-refractivity contribution in [1.82, 2.24) is 4.31 Å². The Morgan fingerprint density at radius 2 is 1.67 bits per heavy atom. The fourth-order valence-electron chi connectivity index (χ4n) is 1.95. The van der Waals surface area contributed by atoms with Crippen LogP contribution in [0, 0.1) is 5.82 Å². The van der Waals surface area contributed by atoms with Crippen molar-refractivity contribution in [2.45, 2.75) is 44.7 Å². The molecule has 0 unspecified atom stereocenters. The maximum atomic E-state index is 13.8. The van der Waals surface area contributed by atoms with Crippen molar-refractivity contribution in [2.75, 3.05) is 0 Å². The fourth-order valence-corrected chi connectivity index (χ4v) is 4.17. The van der Waals surface area contributed by atoms with E-state index in [-0.39, 0.29) is 17.0 Å². The van der Waals surface area contributed by atoms with Gasteiger partial charge in [0.15, 0.2) is 0 Å². The number of hydrogen-bond donors (Lipinski definition) is 0. The van der Waals surface area contributed by atoms with Gasteiger partial charge in [0.05, 0.1) is 0 Å². The smallest absolute Gasteiger partial charge is 0.207 e. The van der Waals surface area contributed by atoms with Crippen LogP contribution in [0.2, 0.25) is 0 Å². The van der Waals surface area contributed by atoms with Crippen molar-refractivity contribution in [1.29, 1.82) is 0 Å². The molecule has 3 nitrogen and oxygen atoms in total. The molecule has 0 heterocycles. The van der Waals surface area contributed by atoms with Gasteiger partial charge < -0.3 is 0 Å². The third-order valence-electron chi connectivity index (χ3n) is 2.47. The standard InChI is InChI=1S/C12H17BrFNO2S/c1-8(2)15(9(3)4)18(16,17)12-6-5-10(13)7-11(12)14/h5-9H,1-4H3. The van der Waals surface area contributed by atoms with Gasteiger partial charge in [0.2, 0.25) is 10.0 Å². The largest absolute Gasteiger partial charge is 0.246 e. The molecule has 102 valence electrons. The van der Waals surface area contributed by atoms with Crippen molar-refractivity contribution in [3.63, 3.8) is 0 Å². The van der Waals surface area contributed by atoms with Gasteiger partial charge in [0, 0.05) is 16.6 Å². The Labute approximate surface area is 116 Å². The van der Waals surface area contributed by atoms with Crippen LogP contribution in [0.1, 0.15) is 27.7 Å². The molecule has 1 aromatic rings. The molecule has 1 rings (SSSR count). The highest BCUT2D eigenvalue weighted by Gasteiger charge is 2.31. The molecule has 0 bridgehead atoms. The topological polar surface area (TPSA) is 37.4 Å². The van der Waals surface area contributed by atoms with E-state index in [1.54, 1.807) is 27.7 Å². The molecule has 1 aromatic carbocycles. The Kier molecular flexibility index (Phi) is 4.91. The van der Waals surface area contributed by atoms with Crippen LogP contribution < -0.4 is 0 Å². The predicted molar refractivity (Wildman–Crippen MR) is 73.4 cm³/mol. The summed E-state index contributed by atoms with van der Waals surface area (Å²) in [6.45, 7) is 7.09. The number of rotatable bonds is 4. The van der Waals surface area contributed by atoms with E-state index in [0.29, 0.717) is 4.47 Å². The lowest BCUT2D eigenvalue weighted by Crippen LogP contribution is -2.42. The lowest BCUT2D eigenvalue weighted by Gasteiger charge is -2.29. The van der Waals surface area contributed by atoms with Crippen molar-refractivity contribution in [3.05, 3.63) is 28.5 Å². The number of nitrogens with zero attached hydrogens (tertiary/aromatic N) is 1. The van der Waals surface area contributed by atoms with Crippen LogP contribution >= 0.6 is 15.9 Å². The number of sulfonamides is 1. The minimum absolute atomic E-state index is 0.224. The van der Waals surface area contributed by atoms with E-state index in [1.807, 2.05) is 0 Å². The van der Waals surface area contributed by atoms with Crippen LogP contribution in [0.25, 0.3) is 0 Å². The molecular weight excluding hydrogens is 321 g/mol. The molecule has 0 amide bonds. The summed E-state index contributed by atoms with van der Waals surface area (Å²) < 4.78 is 40.5. The lowest BCUT2D eigenvalue weighted by atomic mass is 10.3. The molecule has 0 aliphatic rings. The quantitative estimate of drug-likeness (QED) is 0.844. The molecule has 0 aromatic heterocycles. The van der Waals surface area contributed by atoms with Crippen molar-refractivity contribution in [3.8, 4) is 0 Å². The van der Waals surface area contributed by atoms with E-state index in [9.17, 15) is 12.8 Å². The molecule has 0 spiro atoms. The monoisotopic (exact) mass is 337 g/mol. The van der Waals surface area contributed by atoms with Crippen LogP contribution in [0.5, 0.6) is 0 Å². The average molecular weight is 338 g/mol. The van der Waals surface area contributed by atoms with E-state index in [4.69, 9.17) is 0 Å². The zero-order valence-corrected chi connectivity index (χ0v) is 13.2. The first-order valence-electron chi connectivity index (χ1n) is 5.66. The molecule has 0 radical (unpaired) electrons. The SMILES string of the molecule is CC(C)N(C(C)C)S(=O)(=O)c1ccc(Br)cc1F. The summed E-state index contributed by atoms with van der Waals surface area (Å²) in [5.41, 5.74) is 0. The van der Waals surface area contributed by atoms with Crippen LogP contribution in [0.3, 0.4) is 0 Å². The highest BCUT2D eigenvalue weighted by Crippen LogP contribution is 2.25. The highest BCUT2D eigenvalue weighted by atomic mass is 79.9. The third kappa shape index (κ3) is 3.10. The van der Waals surface area contributed by atoms with Gasteiger partial charge in [-0.2, -0.15) is 4.31 Å².